The maximum atomic E-state index is 12.5. The van der Waals surface area contributed by atoms with Crippen LogP contribution in [0.25, 0.3) is 0 Å². The Balaban J connectivity index is 1.81. The van der Waals surface area contributed by atoms with Crippen molar-refractivity contribution in [1.82, 2.24) is 14.9 Å². The summed E-state index contributed by atoms with van der Waals surface area (Å²) < 4.78 is 33.1. The largest absolute Gasteiger partial charge is 0.339 e. The number of aromatic nitrogens is 2. The first-order chi connectivity index (χ1) is 10.7. The molecule has 0 amide bonds. The molecule has 1 heterocycles. The molecule has 7 heteroatoms. The van der Waals surface area contributed by atoms with Gasteiger partial charge in [0.1, 0.15) is 0 Å². The van der Waals surface area contributed by atoms with E-state index in [0.717, 1.165) is 0 Å². The van der Waals surface area contributed by atoms with Crippen molar-refractivity contribution >= 4 is 10.0 Å². The van der Waals surface area contributed by atoms with E-state index in [2.05, 4.69) is 14.9 Å². The maximum Gasteiger partial charge on any atom is 0.240 e. The molecule has 1 aromatic heterocycles. The molecule has 2 aromatic rings. The highest BCUT2D eigenvalue weighted by atomic mass is 32.2. The van der Waals surface area contributed by atoms with Crippen LogP contribution in [0.3, 0.4) is 0 Å². The van der Waals surface area contributed by atoms with Crippen LogP contribution >= 0.6 is 0 Å². The molecule has 0 saturated heterocycles. The molecule has 0 aliphatic heterocycles. The summed E-state index contributed by atoms with van der Waals surface area (Å²) in [5, 5.41) is 3.97. The predicted octanol–water partition coefficient (Wildman–Crippen LogP) is 2.66. The van der Waals surface area contributed by atoms with Gasteiger partial charge < -0.3 is 4.52 Å². The van der Waals surface area contributed by atoms with E-state index in [0.29, 0.717) is 11.7 Å². The second-order valence-corrected chi connectivity index (χ2v) is 8.57. The molecule has 1 saturated carbocycles. The van der Waals surface area contributed by atoms with Crippen LogP contribution in [0.5, 0.6) is 0 Å². The summed E-state index contributed by atoms with van der Waals surface area (Å²) in [5.74, 6) is 1.21. The van der Waals surface area contributed by atoms with Gasteiger partial charge in [0.05, 0.1) is 10.8 Å². The van der Waals surface area contributed by atoms with Crippen LogP contribution in [-0.4, -0.2) is 24.6 Å². The van der Waals surface area contributed by atoms with Crippen molar-refractivity contribution in [2.24, 2.45) is 5.41 Å². The smallest absolute Gasteiger partial charge is 0.240 e. The number of rotatable bonds is 5. The monoisotopic (exact) mass is 335 g/mol. The Hall–Kier alpha value is -1.73. The maximum absolute atomic E-state index is 12.5. The molecule has 0 spiro atoms. The van der Waals surface area contributed by atoms with Gasteiger partial charge in [0, 0.05) is 12.0 Å². The van der Waals surface area contributed by atoms with E-state index in [9.17, 15) is 8.42 Å². The summed E-state index contributed by atoms with van der Waals surface area (Å²) in [6.45, 7) is 7.97. The second-order valence-electron chi connectivity index (χ2n) is 6.86. The van der Waals surface area contributed by atoms with Crippen molar-refractivity contribution in [3.63, 3.8) is 0 Å². The van der Waals surface area contributed by atoms with Crippen LogP contribution < -0.4 is 4.72 Å². The summed E-state index contributed by atoms with van der Waals surface area (Å²) >= 11 is 0. The van der Waals surface area contributed by atoms with Crippen molar-refractivity contribution in [2.75, 3.05) is 0 Å². The normalized spacial score (nSPS) is 23.2. The molecule has 1 aromatic carbocycles. The number of sulfonamides is 1. The summed E-state index contributed by atoms with van der Waals surface area (Å²) in [6, 6.07) is 8.10. The minimum Gasteiger partial charge on any atom is -0.339 e. The Bertz CT molecular complexity index is 797. The topological polar surface area (TPSA) is 85.1 Å². The van der Waals surface area contributed by atoms with Crippen molar-refractivity contribution in [3.05, 3.63) is 42.0 Å². The molecular weight excluding hydrogens is 314 g/mol. The van der Waals surface area contributed by atoms with Gasteiger partial charge in [0.2, 0.25) is 15.9 Å². The van der Waals surface area contributed by atoms with Crippen LogP contribution in [0, 0.1) is 5.41 Å². The molecule has 1 aliphatic rings. The molecule has 0 bridgehead atoms. The lowest BCUT2D eigenvalue weighted by molar-refractivity contribution is 0.361. The first-order valence-corrected chi connectivity index (χ1v) is 9.12. The molecule has 3 rings (SSSR count). The van der Waals surface area contributed by atoms with E-state index in [1.807, 2.05) is 27.7 Å². The Morgan fingerprint density at radius 1 is 1.22 bits per heavy atom. The number of nitrogens with zero attached hydrogens (tertiary/aromatic N) is 2. The Morgan fingerprint density at radius 2 is 1.87 bits per heavy atom. The molecule has 0 radical (unpaired) electrons. The van der Waals surface area contributed by atoms with Gasteiger partial charge in [-0.15, -0.1) is 0 Å². The van der Waals surface area contributed by atoms with Gasteiger partial charge >= 0.3 is 0 Å². The molecule has 23 heavy (non-hydrogen) atoms. The van der Waals surface area contributed by atoms with Gasteiger partial charge in [0.15, 0.2) is 5.82 Å². The van der Waals surface area contributed by atoms with Crippen molar-refractivity contribution < 1.29 is 12.9 Å². The van der Waals surface area contributed by atoms with Gasteiger partial charge in [-0.1, -0.05) is 51.1 Å². The molecule has 0 unspecified atom stereocenters. The van der Waals surface area contributed by atoms with Gasteiger partial charge in [-0.05, 0) is 17.5 Å². The number of benzene rings is 1. The molecular formula is C16H21N3O3S. The van der Waals surface area contributed by atoms with E-state index < -0.39 is 10.0 Å². The average Bonchev–Trinajstić information content (AvgIpc) is 2.88. The summed E-state index contributed by atoms with van der Waals surface area (Å²) in [4.78, 5) is 4.67. The van der Waals surface area contributed by atoms with Gasteiger partial charge in [0.25, 0.3) is 0 Å². The Labute approximate surface area is 136 Å². The van der Waals surface area contributed by atoms with Gasteiger partial charge in [-0.2, -0.15) is 4.98 Å². The Morgan fingerprint density at radius 3 is 2.43 bits per heavy atom. The molecule has 124 valence electrons. The predicted molar refractivity (Wildman–Crippen MR) is 85.5 cm³/mol. The zero-order chi connectivity index (χ0) is 16.8. The van der Waals surface area contributed by atoms with E-state index in [1.54, 1.807) is 30.3 Å². The third-order valence-corrected chi connectivity index (χ3v) is 5.86. The van der Waals surface area contributed by atoms with Gasteiger partial charge in [-0.25, -0.2) is 13.1 Å². The van der Waals surface area contributed by atoms with Crippen LogP contribution in [0.15, 0.2) is 39.8 Å². The first-order valence-electron chi connectivity index (χ1n) is 7.64. The molecule has 1 aliphatic carbocycles. The van der Waals surface area contributed by atoms with Crippen LogP contribution in [-0.2, 0) is 10.0 Å². The highest BCUT2D eigenvalue weighted by molar-refractivity contribution is 7.89. The van der Waals surface area contributed by atoms with Crippen molar-refractivity contribution in [3.8, 4) is 0 Å². The molecule has 1 N–H and O–H groups in total. The summed E-state index contributed by atoms with van der Waals surface area (Å²) in [5.41, 5.74) is -0.261. The minimum atomic E-state index is -3.56. The lowest BCUT2D eigenvalue weighted by Crippen LogP contribution is -2.29. The quantitative estimate of drug-likeness (QED) is 0.908. The van der Waals surface area contributed by atoms with E-state index >= 15 is 0 Å². The summed E-state index contributed by atoms with van der Waals surface area (Å²) in [6.07, 6.45) is 0. The standard InChI is InChI=1S/C16H21N3O3S/c1-10(2)14-17-15(22-18-14)12-13(16(12,3)4)19-23(20,21)11-8-6-5-7-9-11/h5-10,12-13,19H,1-4H3/t12-,13-/m1/s1. The first kappa shape index (κ1) is 16.1. The van der Waals surface area contributed by atoms with E-state index in [4.69, 9.17) is 4.52 Å². The summed E-state index contributed by atoms with van der Waals surface area (Å²) in [7, 11) is -3.56. The second kappa shape index (κ2) is 5.42. The van der Waals surface area contributed by atoms with Crippen LogP contribution in [0.4, 0.5) is 0 Å². The fraction of sp³-hybridized carbons (Fsp3) is 0.500. The third kappa shape index (κ3) is 2.90. The molecule has 2 atom stereocenters. The van der Waals surface area contributed by atoms with E-state index in [-0.39, 0.29) is 28.2 Å². The zero-order valence-electron chi connectivity index (χ0n) is 13.6. The number of nitrogens with one attached hydrogen (secondary N) is 1. The third-order valence-electron chi connectivity index (χ3n) is 4.40. The van der Waals surface area contributed by atoms with Crippen molar-refractivity contribution in [2.45, 2.75) is 50.5 Å². The highest BCUT2D eigenvalue weighted by Gasteiger charge is 2.63. The lowest BCUT2D eigenvalue weighted by Gasteiger charge is -2.07. The fourth-order valence-electron chi connectivity index (χ4n) is 2.76. The zero-order valence-corrected chi connectivity index (χ0v) is 14.5. The van der Waals surface area contributed by atoms with Crippen LogP contribution in [0.2, 0.25) is 0 Å². The minimum absolute atomic E-state index is 0.110. The highest BCUT2D eigenvalue weighted by Crippen LogP contribution is 2.58. The van der Waals surface area contributed by atoms with Crippen LogP contribution in [0.1, 0.15) is 51.2 Å². The number of hydrogen-bond donors (Lipinski definition) is 1. The van der Waals surface area contributed by atoms with Crippen molar-refractivity contribution in [1.29, 1.82) is 0 Å². The molecule has 1 fully saturated rings. The average molecular weight is 335 g/mol. The fourth-order valence-corrected chi connectivity index (χ4v) is 4.19. The lowest BCUT2D eigenvalue weighted by atomic mass is 10.1. The van der Waals surface area contributed by atoms with E-state index in [1.165, 1.54) is 0 Å². The number of hydrogen-bond acceptors (Lipinski definition) is 5. The Kier molecular flexibility index (Phi) is 3.80. The van der Waals surface area contributed by atoms with Gasteiger partial charge in [-0.3, -0.25) is 0 Å². The SMILES string of the molecule is CC(C)c1noc([C@H]2[C@@H](NS(=O)(=O)c3ccccc3)C2(C)C)n1. The molecule has 6 nitrogen and oxygen atoms in total.